The summed E-state index contributed by atoms with van der Waals surface area (Å²) in [5.41, 5.74) is 2.51. The quantitative estimate of drug-likeness (QED) is 0.298. The fraction of sp³-hybridized carbons (Fsp3) is 0.818. The van der Waals surface area contributed by atoms with Crippen LogP contribution in [-0.2, 0) is 23.9 Å². The molecule has 0 fully saturated rings. The first kappa shape index (κ1) is 16.8. The number of carbonyl (C=O) groups is 2. The van der Waals surface area contributed by atoms with Crippen molar-refractivity contribution in [1.82, 2.24) is 5.48 Å². The van der Waals surface area contributed by atoms with Gasteiger partial charge in [-0.2, -0.15) is 0 Å². The predicted octanol–water partition coefficient (Wildman–Crippen LogP) is 0.342. The van der Waals surface area contributed by atoms with E-state index in [1.165, 1.54) is 0 Å². The zero-order valence-electron chi connectivity index (χ0n) is 10.6. The van der Waals surface area contributed by atoms with Crippen molar-refractivity contribution in [1.29, 1.82) is 0 Å². The summed E-state index contributed by atoms with van der Waals surface area (Å²) >= 11 is 0. The van der Waals surface area contributed by atoms with Crippen LogP contribution in [0, 0.1) is 0 Å². The van der Waals surface area contributed by atoms with E-state index in [4.69, 9.17) is 19.4 Å². The van der Waals surface area contributed by atoms with Crippen LogP contribution in [0.15, 0.2) is 0 Å². The maximum atomic E-state index is 11.2. The Labute approximate surface area is 106 Å². The number of hydrogen-bond acceptors (Lipinski definition) is 6. The lowest BCUT2D eigenvalue weighted by Crippen LogP contribution is -2.15. The molecule has 0 saturated carbocycles. The smallest absolute Gasteiger partial charge is 0.305 e. The maximum Gasteiger partial charge on any atom is 0.305 e. The van der Waals surface area contributed by atoms with Gasteiger partial charge in [-0.1, -0.05) is 0 Å². The number of hydroxylamine groups is 1. The van der Waals surface area contributed by atoms with Crippen LogP contribution in [0.5, 0.6) is 0 Å². The Morgan fingerprint density at radius 2 is 1.72 bits per heavy atom. The summed E-state index contributed by atoms with van der Waals surface area (Å²) in [5, 5.41) is 8.39. The second-order valence-corrected chi connectivity index (χ2v) is 3.49. The number of esters is 1. The summed E-state index contributed by atoms with van der Waals surface area (Å²) in [4.78, 5) is 26.2. The van der Waals surface area contributed by atoms with Gasteiger partial charge in [0.15, 0.2) is 0 Å². The first-order valence-corrected chi connectivity index (χ1v) is 5.90. The van der Waals surface area contributed by atoms with Gasteiger partial charge in [0, 0.05) is 19.9 Å². The number of ether oxygens (including phenoxy) is 2. The maximum absolute atomic E-state index is 11.2. The molecule has 106 valence electrons. The molecule has 0 atom stereocenters. The van der Waals surface area contributed by atoms with E-state index in [-0.39, 0.29) is 25.4 Å². The van der Waals surface area contributed by atoms with Crippen LogP contribution >= 0.6 is 0 Å². The topological polar surface area (TPSA) is 94.1 Å². The van der Waals surface area contributed by atoms with Crippen molar-refractivity contribution < 1.29 is 29.0 Å². The lowest BCUT2D eigenvalue weighted by atomic mass is 10.2. The van der Waals surface area contributed by atoms with Crippen molar-refractivity contribution in [3.8, 4) is 0 Å². The van der Waals surface area contributed by atoms with Gasteiger partial charge in [0.2, 0.25) is 0 Å². The number of carboxylic acid groups (broad SMARTS) is 1. The summed E-state index contributed by atoms with van der Waals surface area (Å²) in [7, 11) is 1.66. The summed E-state index contributed by atoms with van der Waals surface area (Å²) in [5.74, 6) is -1.17. The first-order valence-electron chi connectivity index (χ1n) is 5.90. The normalized spacial score (nSPS) is 10.3. The van der Waals surface area contributed by atoms with E-state index in [2.05, 4.69) is 5.48 Å². The second-order valence-electron chi connectivity index (χ2n) is 3.49. The zero-order valence-corrected chi connectivity index (χ0v) is 10.6. The molecule has 0 aliphatic heterocycles. The molecule has 0 aromatic carbocycles. The van der Waals surface area contributed by atoms with Gasteiger partial charge in [0.1, 0.15) is 6.61 Å². The highest BCUT2D eigenvalue weighted by molar-refractivity contribution is 5.69. The third-order valence-electron chi connectivity index (χ3n) is 1.99. The number of carbonyl (C=O) groups excluding carboxylic acids is 1. The van der Waals surface area contributed by atoms with Crippen LogP contribution in [0.3, 0.4) is 0 Å². The third kappa shape index (κ3) is 12.9. The highest BCUT2D eigenvalue weighted by atomic mass is 16.7. The molecule has 0 heterocycles. The number of nitrogens with one attached hydrogen (secondary N) is 1. The molecular formula is C11H21NO6. The van der Waals surface area contributed by atoms with Crippen molar-refractivity contribution in [2.75, 3.05) is 33.5 Å². The Bertz CT molecular complexity index is 234. The van der Waals surface area contributed by atoms with Gasteiger partial charge in [-0.05, 0) is 12.8 Å². The summed E-state index contributed by atoms with van der Waals surface area (Å²) in [6, 6.07) is 0. The van der Waals surface area contributed by atoms with Crippen LogP contribution in [0.1, 0.15) is 25.7 Å². The first-order chi connectivity index (χ1) is 8.66. The second kappa shape index (κ2) is 12.3. The van der Waals surface area contributed by atoms with Crippen molar-refractivity contribution in [2.45, 2.75) is 25.7 Å². The van der Waals surface area contributed by atoms with E-state index in [0.29, 0.717) is 32.7 Å². The SMILES string of the molecule is CNOCCOCCOC(=O)CCCCC(=O)O. The molecule has 0 radical (unpaired) electrons. The number of rotatable bonds is 12. The van der Waals surface area contributed by atoms with Gasteiger partial charge in [0.05, 0.1) is 19.8 Å². The van der Waals surface area contributed by atoms with Gasteiger partial charge in [-0.15, -0.1) is 0 Å². The van der Waals surface area contributed by atoms with Crippen LogP contribution in [-0.4, -0.2) is 50.5 Å². The lowest BCUT2D eigenvalue weighted by molar-refractivity contribution is -0.146. The summed E-state index contributed by atoms with van der Waals surface area (Å²) < 4.78 is 10.0. The van der Waals surface area contributed by atoms with Gasteiger partial charge in [0.25, 0.3) is 0 Å². The average molecular weight is 263 g/mol. The Morgan fingerprint density at radius 3 is 2.39 bits per heavy atom. The highest BCUT2D eigenvalue weighted by Crippen LogP contribution is 2.01. The largest absolute Gasteiger partial charge is 0.481 e. The Balaban J connectivity index is 3.19. The molecule has 2 N–H and O–H groups in total. The standard InChI is InChI=1S/C11H21NO6/c1-12-18-9-7-16-6-8-17-11(15)5-3-2-4-10(13)14/h12H,2-9H2,1H3,(H,13,14). The molecule has 0 bridgehead atoms. The molecule has 0 aliphatic carbocycles. The molecular weight excluding hydrogens is 242 g/mol. The van der Waals surface area contributed by atoms with E-state index >= 15 is 0 Å². The zero-order chi connectivity index (χ0) is 13.6. The molecule has 0 unspecified atom stereocenters. The third-order valence-corrected chi connectivity index (χ3v) is 1.99. The van der Waals surface area contributed by atoms with Gasteiger partial charge in [-0.25, -0.2) is 5.48 Å². The van der Waals surface area contributed by atoms with E-state index in [1.54, 1.807) is 7.05 Å². The van der Waals surface area contributed by atoms with Crippen molar-refractivity contribution in [3.05, 3.63) is 0 Å². The monoisotopic (exact) mass is 263 g/mol. The highest BCUT2D eigenvalue weighted by Gasteiger charge is 2.03. The number of hydrogen-bond donors (Lipinski definition) is 2. The minimum atomic E-state index is -0.847. The number of carboxylic acids is 1. The molecule has 18 heavy (non-hydrogen) atoms. The number of unbranched alkanes of at least 4 members (excludes halogenated alkanes) is 1. The Morgan fingerprint density at radius 1 is 1.06 bits per heavy atom. The predicted molar refractivity (Wildman–Crippen MR) is 62.9 cm³/mol. The van der Waals surface area contributed by atoms with Crippen LogP contribution < -0.4 is 5.48 Å². The van der Waals surface area contributed by atoms with Crippen molar-refractivity contribution in [2.24, 2.45) is 0 Å². The summed E-state index contributed by atoms with van der Waals surface area (Å²) in [6.07, 6.45) is 1.35. The van der Waals surface area contributed by atoms with Crippen LogP contribution in [0.2, 0.25) is 0 Å². The number of aliphatic carboxylic acids is 1. The molecule has 0 aromatic rings. The van der Waals surface area contributed by atoms with Gasteiger partial charge in [-0.3, -0.25) is 14.4 Å². The minimum absolute atomic E-state index is 0.0852. The molecule has 0 aliphatic rings. The fourth-order valence-electron chi connectivity index (χ4n) is 1.14. The molecule has 0 aromatic heterocycles. The van der Waals surface area contributed by atoms with E-state index in [1.807, 2.05) is 0 Å². The molecule has 7 nitrogen and oxygen atoms in total. The van der Waals surface area contributed by atoms with Crippen LogP contribution in [0.25, 0.3) is 0 Å². The van der Waals surface area contributed by atoms with Crippen molar-refractivity contribution >= 4 is 11.9 Å². The van der Waals surface area contributed by atoms with Gasteiger partial charge >= 0.3 is 11.9 Å². The van der Waals surface area contributed by atoms with E-state index in [0.717, 1.165) is 0 Å². The van der Waals surface area contributed by atoms with E-state index < -0.39 is 5.97 Å². The Kier molecular flexibility index (Phi) is 11.5. The lowest BCUT2D eigenvalue weighted by Gasteiger charge is -2.06. The van der Waals surface area contributed by atoms with Gasteiger partial charge < -0.3 is 14.6 Å². The molecule has 7 heteroatoms. The average Bonchev–Trinajstić information content (AvgIpc) is 2.33. The Hall–Kier alpha value is -1.18. The van der Waals surface area contributed by atoms with Crippen LogP contribution in [0.4, 0.5) is 0 Å². The molecule has 0 amide bonds. The minimum Gasteiger partial charge on any atom is -0.481 e. The molecule has 0 saturated heterocycles. The van der Waals surface area contributed by atoms with E-state index in [9.17, 15) is 9.59 Å². The molecule has 0 spiro atoms. The molecule has 0 rings (SSSR count). The van der Waals surface area contributed by atoms with Crippen molar-refractivity contribution in [3.63, 3.8) is 0 Å². The summed E-state index contributed by atoms with van der Waals surface area (Å²) in [6.45, 7) is 1.39. The fourth-order valence-corrected chi connectivity index (χ4v) is 1.14.